The molecular formula is C56H37NO. The molecular weight excluding hydrogens is 703 g/mol. The first-order chi connectivity index (χ1) is 28.7. The molecule has 0 saturated carbocycles. The zero-order valence-corrected chi connectivity index (χ0v) is 31.7. The fourth-order valence-corrected chi connectivity index (χ4v) is 8.65. The topological polar surface area (TPSA) is 16.4 Å². The van der Waals surface area contributed by atoms with Crippen molar-refractivity contribution in [3.63, 3.8) is 0 Å². The second kappa shape index (κ2) is 14.1. The summed E-state index contributed by atoms with van der Waals surface area (Å²) in [5, 5.41) is 7.19. The third-order valence-electron chi connectivity index (χ3n) is 11.5. The van der Waals surface area contributed by atoms with Gasteiger partial charge in [0.15, 0.2) is 0 Å². The SMILES string of the molecule is c1ccc(-c2ccc(-c3cccc4ccccc34)cc2N(c2ccc(-c3ccc4ccccc4c3)cc2)c2cccc(-c3cccc4oc5ccccc5c34)c2)cc1. The highest BCUT2D eigenvalue weighted by Crippen LogP contribution is 2.46. The van der Waals surface area contributed by atoms with Crippen LogP contribution in [0, 0.1) is 0 Å². The van der Waals surface area contributed by atoms with E-state index >= 15 is 0 Å². The van der Waals surface area contributed by atoms with Crippen molar-refractivity contribution in [1.29, 1.82) is 0 Å². The van der Waals surface area contributed by atoms with Crippen molar-refractivity contribution in [3.8, 4) is 44.5 Å². The first-order valence-electron chi connectivity index (χ1n) is 19.8. The molecule has 0 unspecified atom stereocenters. The lowest BCUT2D eigenvalue weighted by Gasteiger charge is -2.29. The number of furan rings is 1. The third-order valence-corrected chi connectivity index (χ3v) is 11.5. The van der Waals surface area contributed by atoms with Crippen molar-refractivity contribution in [2.75, 3.05) is 4.90 Å². The Morgan fingerprint density at radius 1 is 0.293 bits per heavy atom. The molecule has 0 bridgehead atoms. The highest BCUT2D eigenvalue weighted by Gasteiger charge is 2.21. The van der Waals surface area contributed by atoms with E-state index in [0.717, 1.165) is 66.8 Å². The maximum atomic E-state index is 6.34. The van der Waals surface area contributed by atoms with E-state index in [0.29, 0.717) is 0 Å². The van der Waals surface area contributed by atoms with Gasteiger partial charge < -0.3 is 9.32 Å². The van der Waals surface area contributed by atoms with Crippen LogP contribution in [0.3, 0.4) is 0 Å². The standard InChI is InChI=1S/C56H37NO/c1-2-14-41(15-3-1)50-34-31-45(49-23-11-18-40-16-6-7-21-48(40)49)37-53(50)57(46-32-29-39(30-33-46)43-28-27-38-13-4-5-17-42(38)35-43)47-20-10-19-44(36-47)51-24-12-26-55-56(51)52-22-8-9-25-54(52)58-55/h1-37H. The van der Waals surface area contributed by atoms with Gasteiger partial charge in [-0.05, 0) is 109 Å². The molecule has 2 nitrogen and oxygen atoms in total. The van der Waals surface area contributed by atoms with Crippen LogP contribution in [0.15, 0.2) is 229 Å². The number of fused-ring (bicyclic) bond motifs is 5. The van der Waals surface area contributed by atoms with Gasteiger partial charge in [-0.15, -0.1) is 0 Å². The van der Waals surface area contributed by atoms with Crippen molar-refractivity contribution < 1.29 is 4.42 Å². The van der Waals surface area contributed by atoms with Crippen LogP contribution in [0.25, 0.3) is 88.0 Å². The second-order valence-electron chi connectivity index (χ2n) is 14.9. The summed E-state index contributed by atoms with van der Waals surface area (Å²) >= 11 is 0. The number of para-hydroxylation sites is 1. The molecule has 0 amide bonds. The Labute approximate surface area is 337 Å². The van der Waals surface area contributed by atoms with E-state index in [2.05, 4.69) is 217 Å². The molecule has 0 spiro atoms. The molecule has 0 N–H and O–H groups in total. The molecule has 0 fully saturated rings. The number of nitrogens with zero attached hydrogens (tertiary/aromatic N) is 1. The maximum Gasteiger partial charge on any atom is 0.136 e. The van der Waals surface area contributed by atoms with Crippen molar-refractivity contribution >= 4 is 60.5 Å². The summed E-state index contributed by atoms with van der Waals surface area (Å²) < 4.78 is 6.34. The predicted octanol–water partition coefficient (Wildman–Crippen LogP) is 16.0. The lowest BCUT2D eigenvalue weighted by molar-refractivity contribution is 0.669. The zero-order valence-electron chi connectivity index (χ0n) is 31.7. The summed E-state index contributed by atoms with van der Waals surface area (Å²) in [5.41, 5.74) is 14.3. The monoisotopic (exact) mass is 739 g/mol. The fourth-order valence-electron chi connectivity index (χ4n) is 8.65. The van der Waals surface area contributed by atoms with Gasteiger partial charge in [-0.2, -0.15) is 0 Å². The average molecular weight is 740 g/mol. The average Bonchev–Trinajstić information content (AvgIpc) is 3.69. The highest BCUT2D eigenvalue weighted by molar-refractivity contribution is 6.12. The number of benzene rings is 10. The van der Waals surface area contributed by atoms with Gasteiger partial charge in [-0.25, -0.2) is 0 Å². The summed E-state index contributed by atoms with van der Waals surface area (Å²) in [6.45, 7) is 0. The molecule has 0 aliphatic carbocycles. The minimum absolute atomic E-state index is 0.888. The lowest BCUT2D eigenvalue weighted by atomic mass is 9.93. The Hall–Kier alpha value is -7.68. The molecule has 11 aromatic rings. The molecule has 0 atom stereocenters. The Morgan fingerprint density at radius 2 is 0.914 bits per heavy atom. The summed E-state index contributed by atoms with van der Waals surface area (Å²) in [6.07, 6.45) is 0. The Kier molecular flexibility index (Phi) is 8.19. The van der Waals surface area contributed by atoms with Gasteiger partial charge in [0.25, 0.3) is 0 Å². The van der Waals surface area contributed by atoms with E-state index in [9.17, 15) is 0 Å². The van der Waals surface area contributed by atoms with Crippen LogP contribution in [0.1, 0.15) is 0 Å². The van der Waals surface area contributed by atoms with Crippen LogP contribution in [0.2, 0.25) is 0 Å². The van der Waals surface area contributed by atoms with Gasteiger partial charge in [0.1, 0.15) is 11.2 Å². The van der Waals surface area contributed by atoms with E-state index in [-0.39, 0.29) is 0 Å². The molecule has 272 valence electrons. The highest BCUT2D eigenvalue weighted by atomic mass is 16.3. The van der Waals surface area contributed by atoms with E-state index in [4.69, 9.17) is 4.42 Å². The van der Waals surface area contributed by atoms with Crippen molar-refractivity contribution in [1.82, 2.24) is 0 Å². The second-order valence-corrected chi connectivity index (χ2v) is 14.9. The third kappa shape index (κ3) is 5.91. The van der Waals surface area contributed by atoms with Gasteiger partial charge in [-0.1, -0.05) is 176 Å². The molecule has 0 aliphatic rings. The van der Waals surface area contributed by atoms with Crippen molar-refractivity contribution in [2.24, 2.45) is 0 Å². The molecule has 0 saturated heterocycles. The summed E-state index contributed by atoms with van der Waals surface area (Å²) in [6, 6.07) is 80.9. The molecule has 0 radical (unpaired) electrons. The van der Waals surface area contributed by atoms with Gasteiger partial charge in [0.05, 0.1) is 5.69 Å². The summed E-state index contributed by atoms with van der Waals surface area (Å²) in [7, 11) is 0. The molecule has 1 aromatic heterocycles. The first-order valence-corrected chi connectivity index (χ1v) is 19.8. The molecule has 10 aromatic carbocycles. The number of hydrogen-bond acceptors (Lipinski definition) is 2. The Balaban J connectivity index is 1.13. The Bertz CT molecular complexity index is 3280. The van der Waals surface area contributed by atoms with E-state index in [1.54, 1.807) is 0 Å². The fraction of sp³-hybridized carbons (Fsp3) is 0. The normalized spacial score (nSPS) is 11.4. The summed E-state index contributed by atoms with van der Waals surface area (Å²) in [4.78, 5) is 2.43. The van der Waals surface area contributed by atoms with E-state index < -0.39 is 0 Å². The molecule has 11 rings (SSSR count). The molecule has 1 heterocycles. The van der Waals surface area contributed by atoms with Crippen LogP contribution in [-0.4, -0.2) is 0 Å². The van der Waals surface area contributed by atoms with Crippen LogP contribution < -0.4 is 4.90 Å². The number of hydrogen-bond donors (Lipinski definition) is 0. The minimum Gasteiger partial charge on any atom is -0.456 e. The maximum absolute atomic E-state index is 6.34. The summed E-state index contributed by atoms with van der Waals surface area (Å²) in [5.74, 6) is 0. The van der Waals surface area contributed by atoms with Crippen molar-refractivity contribution in [3.05, 3.63) is 224 Å². The van der Waals surface area contributed by atoms with Gasteiger partial charge in [0, 0.05) is 27.7 Å². The van der Waals surface area contributed by atoms with Gasteiger partial charge in [0.2, 0.25) is 0 Å². The van der Waals surface area contributed by atoms with Gasteiger partial charge in [-0.3, -0.25) is 0 Å². The zero-order chi connectivity index (χ0) is 38.4. The lowest BCUT2D eigenvalue weighted by Crippen LogP contribution is -2.11. The van der Waals surface area contributed by atoms with Crippen LogP contribution >= 0.6 is 0 Å². The smallest absolute Gasteiger partial charge is 0.136 e. The van der Waals surface area contributed by atoms with E-state index in [1.165, 1.54) is 38.2 Å². The molecule has 0 aliphatic heterocycles. The predicted molar refractivity (Wildman–Crippen MR) is 245 cm³/mol. The molecule has 58 heavy (non-hydrogen) atoms. The largest absolute Gasteiger partial charge is 0.456 e. The minimum atomic E-state index is 0.888. The Morgan fingerprint density at radius 3 is 1.79 bits per heavy atom. The quantitative estimate of drug-likeness (QED) is 0.162. The first kappa shape index (κ1) is 33.6. The number of anilines is 3. The van der Waals surface area contributed by atoms with Crippen LogP contribution in [0.5, 0.6) is 0 Å². The van der Waals surface area contributed by atoms with Crippen LogP contribution in [0.4, 0.5) is 17.1 Å². The van der Waals surface area contributed by atoms with Gasteiger partial charge >= 0.3 is 0 Å². The van der Waals surface area contributed by atoms with Crippen molar-refractivity contribution in [2.45, 2.75) is 0 Å². The van der Waals surface area contributed by atoms with E-state index in [1.807, 2.05) is 12.1 Å². The molecule has 2 heteroatoms. The van der Waals surface area contributed by atoms with Crippen LogP contribution in [-0.2, 0) is 0 Å². The number of rotatable bonds is 7.